The molecule has 0 saturated carbocycles. The van der Waals surface area contributed by atoms with Gasteiger partial charge < -0.3 is 14.6 Å². The molecule has 17 heavy (non-hydrogen) atoms. The molecule has 94 valence electrons. The average molecular weight is 257 g/mol. The Kier molecular flexibility index (Phi) is 3.79. The van der Waals surface area contributed by atoms with Crippen LogP contribution in [0.15, 0.2) is 12.1 Å². The molecule has 2 rings (SSSR count). The molecule has 0 spiro atoms. The van der Waals surface area contributed by atoms with Crippen molar-refractivity contribution in [3.63, 3.8) is 0 Å². The van der Waals surface area contributed by atoms with E-state index in [0.29, 0.717) is 17.4 Å². The van der Waals surface area contributed by atoms with Gasteiger partial charge in [-0.25, -0.2) is 0 Å². The Morgan fingerprint density at radius 3 is 2.53 bits per heavy atom. The summed E-state index contributed by atoms with van der Waals surface area (Å²) >= 11 is 5.86. The number of hydrogen-bond donors (Lipinski definition) is 1. The van der Waals surface area contributed by atoms with Crippen molar-refractivity contribution in [3.05, 3.63) is 23.3 Å². The van der Waals surface area contributed by atoms with Gasteiger partial charge >= 0.3 is 0 Å². The molecule has 1 aromatic rings. The number of fused-ring (bicyclic) bond motifs is 1. The van der Waals surface area contributed by atoms with Gasteiger partial charge in [0.05, 0.1) is 20.3 Å². The number of ether oxygens (including phenoxy) is 2. The lowest BCUT2D eigenvalue weighted by Gasteiger charge is -2.29. The number of aryl methyl sites for hydroxylation is 1. The fourth-order valence-corrected chi connectivity index (χ4v) is 2.67. The van der Waals surface area contributed by atoms with Gasteiger partial charge in [0, 0.05) is 11.8 Å². The summed E-state index contributed by atoms with van der Waals surface area (Å²) in [6, 6.07) is 3.80. The van der Waals surface area contributed by atoms with E-state index in [2.05, 4.69) is 0 Å². The summed E-state index contributed by atoms with van der Waals surface area (Å²) in [6.07, 6.45) is 1.33. The van der Waals surface area contributed by atoms with Gasteiger partial charge in [0.1, 0.15) is 0 Å². The first-order chi connectivity index (χ1) is 8.21. The Morgan fingerprint density at radius 1 is 1.29 bits per heavy atom. The number of halogens is 1. The Hall–Kier alpha value is -0.930. The predicted molar refractivity (Wildman–Crippen MR) is 67.0 cm³/mol. The molecule has 3 nitrogen and oxygen atoms in total. The lowest BCUT2D eigenvalue weighted by atomic mass is 9.82. The molecular weight excluding hydrogens is 240 g/mol. The summed E-state index contributed by atoms with van der Waals surface area (Å²) in [4.78, 5) is 0. The third-order valence-electron chi connectivity index (χ3n) is 3.39. The molecule has 0 saturated heterocycles. The smallest absolute Gasteiger partial charge is 0.161 e. The minimum Gasteiger partial charge on any atom is -0.493 e. The SMILES string of the molecule is COc1cc2c(cc1OC)C(O)C(CCl)CC2. The van der Waals surface area contributed by atoms with E-state index >= 15 is 0 Å². The van der Waals surface area contributed by atoms with Crippen LogP contribution in [0.3, 0.4) is 0 Å². The lowest BCUT2D eigenvalue weighted by Crippen LogP contribution is -2.21. The average Bonchev–Trinajstić information content (AvgIpc) is 2.38. The highest BCUT2D eigenvalue weighted by atomic mass is 35.5. The molecule has 4 heteroatoms. The molecule has 2 atom stereocenters. The summed E-state index contributed by atoms with van der Waals surface area (Å²) in [5.74, 6) is 1.97. The van der Waals surface area contributed by atoms with E-state index in [1.54, 1.807) is 14.2 Å². The van der Waals surface area contributed by atoms with Crippen LogP contribution >= 0.6 is 11.6 Å². The maximum absolute atomic E-state index is 10.2. The minimum absolute atomic E-state index is 0.127. The topological polar surface area (TPSA) is 38.7 Å². The van der Waals surface area contributed by atoms with E-state index in [1.165, 1.54) is 0 Å². The molecule has 1 aliphatic carbocycles. The first-order valence-corrected chi connectivity index (χ1v) is 6.23. The zero-order valence-electron chi connectivity index (χ0n) is 10.1. The van der Waals surface area contributed by atoms with Crippen molar-refractivity contribution in [1.29, 1.82) is 0 Å². The van der Waals surface area contributed by atoms with Crippen molar-refractivity contribution in [1.82, 2.24) is 0 Å². The number of aliphatic hydroxyl groups excluding tert-OH is 1. The fourth-order valence-electron chi connectivity index (χ4n) is 2.34. The normalized spacial score (nSPS) is 23.1. The Bertz CT molecular complexity index is 406. The molecule has 0 fully saturated rings. The van der Waals surface area contributed by atoms with Gasteiger partial charge in [-0.2, -0.15) is 0 Å². The molecule has 0 radical (unpaired) electrons. The van der Waals surface area contributed by atoms with Crippen LogP contribution in [0.5, 0.6) is 11.5 Å². The Labute approximate surface area is 106 Å². The highest BCUT2D eigenvalue weighted by Gasteiger charge is 2.28. The number of alkyl halides is 1. The van der Waals surface area contributed by atoms with Gasteiger partial charge in [-0.3, -0.25) is 0 Å². The molecule has 0 amide bonds. The predicted octanol–water partition coefficient (Wildman–Crippen LogP) is 2.54. The van der Waals surface area contributed by atoms with Gasteiger partial charge in [-0.15, -0.1) is 11.6 Å². The summed E-state index contributed by atoms with van der Waals surface area (Å²) in [7, 11) is 3.21. The quantitative estimate of drug-likeness (QED) is 0.845. The van der Waals surface area contributed by atoms with Crippen molar-refractivity contribution in [3.8, 4) is 11.5 Å². The number of aliphatic hydroxyl groups is 1. The monoisotopic (exact) mass is 256 g/mol. The molecule has 1 N–H and O–H groups in total. The molecule has 0 heterocycles. The van der Waals surface area contributed by atoms with Gasteiger partial charge in [0.25, 0.3) is 0 Å². The Morgan fingerprint density at radius 2 is 1.94 bits per heavy atom. The van der Waals surface area contributed by atoms with E-state index in [1.807, 2.05) is 12.1 Å². The second kappa shape index (κ2) is 5.15. The van der Waals surface area contributed by atoms with Crippen LogP contribution in [0.4, 0.5) is 0 Å². The van der Waals surface area contributed by atoms with Crippen LogP contribution in [0, 0.1) is 5.92 Å². The second-order valence-electron chi connectivity index (χ2n) is 4.30. The molecule has 0 bridgehead atoms. The number of hydrogen-bond acceptors (Lipinski definition) is 3. The Balaban J connectivity index is 2.43. The highest BCUT2D eigenvalue weighted by molar-refractivity contribution is 6.18. The van der Waals surface area contributed by atoms with Crippen LogP contribution in [-0.2, 0) is 6.42 Å². The van der Waals surface area contributed by atoms with Crippen molar-refractivity contribution in [2.45, 2.75) is 18.9 Å². The van der Waals surface area contributed by atoms with Gasteiger partial charge in [-0.05, 0) is 36.1 Å². The number of rotatable bonds is 3. The maximum atomic E-state index is 10.2. The molecule has 0 aromatic heterocycles. The molecule has 2 unspecified atom stereocenters. The summed E-state index contributed by atoms with van der Waals surface area (Å²) in [5, 5.41) is 10.2. The highest BCUT2D eigenvalue weighted by Crippen LogP contribution is 2.40. The maximum Gasteiger partial charge on any atom is 0.161 e. The molecule has 0 aliphatic heterocycles. The largest absolute Gasteiger partial charge is 0.493 e. The van der Waals surface area contributed by atoms with Gasteiger partial charge in [0.15, 0.2) is 11.5 Å². The first-order valence-electron chi connectivity index (χ1n) is 5.70. The molecule has 1 aromatic carbocycles. The standard InChI is InChI=1S/C13H17ClO3/c1-16-11-5-8-3-4-9(7-14)13(15)10(8)6-12(11)17-2/h5-6,9,13,15H,3-4,7H2,1-2H3. The van der Waals surface area contributed by atoms with E-state index in [9.17, 15) is 5.11 Å². The van der Waals surface area contributed by atoms with Gasteiger partial charge in [-0.1, -0.05) is 0 Å². The first kappa shape index (κ1) is 12.5. The van der Waals surface area contributed by atoms with Crippen molar-refractivity contribution in [2.75, 3.05) is 20.1 Å². The van der Waals surface area contributed by atoms with Crippen molar-refractivity contribution >= 4 is 11.6 Å². The number of benzene rings is 1. The third-order valence-corrected chi connectivity index (χ3v) is 3.79. The minimum atomic E-state index is -0.504. The van der Waals surface area contributed by atoms with E-state index in [-0.39, 0.29) is 5.92 Å². The zero-order valence-corrected chi connectivity index (χ0v) is 10.8. The summed E-state index contributed by atoms with van der Waals surface area (Å²) < 4.78 is 10.5. The van der Waals surface area contributed by atoms with E-state index in [0.717, 1.165) is 24.0 Å². The fraction of sp³-hybridized carbons (Fsp3) is 0.538. The summed E-state index contributed by atoms with van der Waals surface area (Å²) in [5.41, 5.74) is 2.04. The van der Waals surface area contributed by atoms with Crippen molar-refractivity contribution in [2.24, 2.45) is 5.92 Å². The van der Waals surface area contributed by atoms with Crippen molar-refractivity contribution < 1.29 is 14.6 Å². The van der Waals surface area contributed by atoms with Crippen LogP contribution in [-0.4, -0.2) is 25.2 Å². The van der Waals surface area contributed by atoms with E-state index < -0.39 is 6.10 Å². The molecule has 1 aliphatic rings. The second-order valence-corrected chi connectivity index (χ2v) is 4.61. The number of methoxy groups -OCH3 is 2. The van der Waals surface area contributed by atoms with Crippen LogP contribution in [0.1, 0.15) is 23.7 Å². The van der Waals surface area contributed by atoms with Crippen LogP contribution in [0.2, 0.25) is 0 Å². The van der Waals surface area contributed by atoms with Gasteiger partial charge in [0.2, 0.25) is 0 Å². The van der Waals surface area contributed by atoms with Crippen LogP contribution in [0.25, 0.3) is 0 Å². The summed E-state index contributed by atoms with van der Waals surface area (Å²) in [6.45, 7) is 0. The molecular formula is C13H17ClO3. The van der Waals surface area contributed by atoms with E-state index in [4.69, 9.17) is 21.1 Å². The lowest BCUT2D eigenvalue weighted by molar-refractivity contribution is 0.105. The zero-order chi connectivity index (χ0) is 12.4. The van der Waals surface area contributed by atoms with Crippen LogP contribution < -0.4 is 9.47 Å². The third kappa shape index (κ3) is 2.22.